The van der Waals surface area contributed by atoms with Gasteiger partial charge in [0.2, 0.25) is 5.95 Å². The molecule has 1 N–H and O–H groups in total. The van der Waals surface area contributed by atoms with E-state index in [-0.39, 0.29) is 4.90 Å². The molecule has 156 valence electrons. The summed E-state index contributed by atoms with van der Waals surface area (Å²) in [5.41, 5.74) is 0.328. The van der Waals surface area contributed by atoms with Crippen LogP contribution in [0.15, 0.2) is 71.9 Å². The predicted octanol–water partition coefficient (Wildman–Crippen LogP) is 4.31. The molecule has 0 amide bonds. The molecule has 0 atom stereocenters. The fraction of sp³-hybridized carbons (Fsp3) is 0.273. The van der Waals surface area contributed by atoms with Gasteiger partial charge in [0, 0.05) is 13.1 Å². The lowest BCUT2D eigenvalue weighted by Gasteiger charge is -2.30. The molecule has 0 bridgehead atoms. The number of rotatable bonds is 6. The van der Waals surface area contributed by atoms with E-state index in [1.54, 1.807) is 12.1 Å². The lowest BCUT2D eigenvalue weighted by molar-refractivity contribution is 0.434. The van der Waals surface area contributed by atoms with Crippen LogP contribution in [0.5, 0.6) is 11.5 Å². The molecule has 7 nitrogen and oxygen atoms in total. The van der Waals surface area contributed by atoms with E-state index in [4.69, 9.17) is 4.74 Å². The van der Waals surface area contributed by atoms with Gasteiger partial charge in [0.1, 0.15) is 11.5 Å². The largest absolute Gasteiger partial charge is 0.457 e. The van der Waals surface area contributed by atoms with Gasteiger partial charge in [-0.1, -0.05) is 25.1 Å². The summed E-state index contributed by atoms with van der Waals surface area (Å²) in [6.07, 6.45) is 5.24. The molecule has 2 aromatic carbocycles. The summed E-state index contributed by atoms with van der Waals surface area (Å²) >= 11 is 0. The van der Waals surface area contributed by atoms with Crippen molar-refractivity contribution in [3.8, 4) is 11.5 Å². The summed E-state index contributed by atoms with van der Waals surface area (Å²) < 4.78 is 33.6. The van der Waals surface area contributed by atoms with Gasteiger partial charge in [0.05, 0.1) is 23.0 Å². The predicted molar refractivity (Wildman–Crippen MR) is 116 cm³/mol. The fourth-order valence-electron chi connectivity index (χ4n) is 3.27. The van der Waals surface area contributed by atoms with Crippen LogP contribution < -0.4 is 14.4 Å². The number of hydrogen-bond acceptors (Lipinski definition) is 6. The third-order valence-electron chi connectivity index (χ3n) is 5.07. The van der Waals surface area contributed by atoms with Crippen molar-refractivity contribution in [3.05, 3.63) is 67.0 Å². The Morgan fingerprint density at radius 1 is 0.933 bits per heavy atom. The lowest BCUT2D eigenvalue weighted by Crippen LogP contribution is -2.34. The molecular formula is C22H24N4O3S. The van der Waals surface area contributed by atoms with E-state index < -0.39 is 10.0 Å². The summed E-state index contributed by atoms with van der Waals surface area (Å²) in [5.74, 6) is 2.60. The second kappa shape index (κ2) is 8.71. The number of nitrogens with zero attached hydrogens (tertiary/aromatic N) is 3. The minimum Gasteiger partial charge on any atom is -0.457 e. The third kappa shape index (κ3) is 4.88. The molecule has 0 spiro atoms. The summed E-state index contributed by atoms with van der Waals surface area (Å²) in [6.45, 7) is 4.09. The van der Waals surface area contributed by atoms with Gasteiger partial charge in [0.25, 0.3) is 10.0 Å². The second-order valence-electron chi connectivity index (χ2n) is 7.43. The standard InChI is InChI=1S/C22H24N4O3S/c1-17-11-13-26(14-12-17)22-23-15-18(16-24-22)25-30(27,28)21-9-7-20(8-10-21)29-19-5-3-2-4-6-19/h2-10,15-17,25H,11-14H2,1H3. The zero-order valence-corrected chi connectivity index (χ0v) is 17.5. The van der Waals surface area contributed by atoms with Crippen LogP contribution in [0.25, 0.3) is 0 Å². The van der Waals surface area contributed by atoms with Crippen molar-refractivity contribution in [2.45, 2.75) is 24.7 Å². The van der Waals surface area contributed by atoms with Crippen molar-refractivity contribution in [2.24, 2.45) is 5.92 Å². The van der Waals surface area contributed by atoms with Gasteiger partial charge in [-0.15, -0.1) is 0 Å². The average Bonchev–Trinajstić information content (AvgIpc) is 2.76. The first-order valence-electron chi connectivity index (χ1n) is 9.92. The number of benzene rings is 2. The number of sulfonamides is 1. The van der Waals surface area contributed by atoms with Gasteiger partial charge < -0.3 is 9.64 Å². The topological polar surface area (TPSA) is 84.4 Å². The smallest absolute Gasteiger partial charge is 0.261 e. The molecule has 1 aromatic heterocycles. The highest BCUT2D eigenvalue weighted by Gasteiger charge is 2.19. The Morgan fingerprint density at radius 2 is 1.53 bits per heavy atom. The molecule has 3 aromatic rings. The van der Waals surface area contributed by atoms with Gasteiger partial charge in [-0.05, 0) is 55.2 Å². The van der Waals surface area contributed by atoms with Crippen LogP contribution in [0.4, 0.5) is 11.6 Å². The van der Waals surface area contributed by atoms with Crippen LogP contribution in [0, 0.1) is 5.92 Å². The van der Waals surface area contributed by atoms with Crippen LogP contribution in [-0.2, 0) is 10.0 Å². The van der Waals surface area contributed by atoms with Crippen LogP contribution in [0.2, 0.25) is 0 Å². The molecule has 8 heteroatoms. The molecule has 0 saturated carbocycles. The quantitative estimate of drug-likeness (QED) is 0.635. The lowest BCUT2D eigenvalue weighted by atomic mass is 10.00. The molecule has 1 aliphatic heterocycles. The maximum absolute atomic E-state index is 12.7. The molecule has 30 heavy (non-hydrogen) atoms. The molecule has 0 radical (unpaired) electrons. The highest BCUT2D eigenvalue weighted by atomic mass is 32.2. The number of nitrogens with one attached hydrogen (secondary N) is 1. The molecule has 1 aliphatic rings. The molecule has 2 heterocycles. The number of ether oxygens (including phenoxy) is 1. The zero-order valence-electron chi connectivity index (χ0n) is 16.7. The third-order valence-corrected chi connectivity index (χ3v) is 6.47. The van der Waals surface area contributed by atoms with Crippen LogP contribution >= 0.6 is 0 Å². The van der Waals surface area contributed by atoms with E-state index in [1.165, 1.54) is 24.5 Å². The fourth-order valence-corrected chi connectivity index (χ4v) is 4.30. The molecular weight excluding hydrogens is 400 g/mol. The number of para-hydroxylation sites is 1. The SMILES string of the molecule is CC1CCN(c2ncc(NS(=O)(=O)c3ccc(Oc4ccccc4)cc3)cn2)CC1. The maximum atomic E-state index is 12.7. The van der Waals surface area contributed by atoms with E-state index in [1.807, 2.05) is 30.3 Å². The minimum absolute atomic E-state index is 0.136. The molecule has 0 aliphatic carbocycles. The van der Waals surface area contributed by atoms with E-state index in [9.17, 15) is 8.42 Å². The Morgan fingerprint density at radius 3 is 2.17 bits per heavy atom. The van der Waals surface area contributed by atoms with Crippen molar-refractivity contribution in [1.29, 1.82) is 0 Å². The van der Waals surface area contributed by atoms with Crippen LogP contribution in [0.1, 0.15) is 19.8 Å². The van der Waals surface area contributed by atoms with E-state index in [0.29, 0.717) is 23.1 Å². The van der Waals surface area contributed by atoms with Gasteiger partial charge in [-0.2, -0.15) is 0 Å². The summed E-state index contributed by atoms with van der Waals surface area (Å²) in [4.78, 5) is 10.9. The number of anilines is 2. The molecule has 1 saturated heterocycles. The Bertz CT molecular complexity index is 1060. The maximum Gasteiger partial charge on any atom is 0.261 e. The normalized spacial score (nSPS) is 15.0. The minimum atomic E-state index is -3.75. The van der Waals surface area contributed by atoms with Crippen LogP contribution in [-0.4, -0.2) is 31.5 Å². The van der Waals surface area contributed by atoms with Gasteiger partial charge in [0.15, 0.2) is 0 Å². The number of hydrogen-bond donors (Lipinski definition) is 1. The van der Waals surface area contributed by atoms with E-state index in [2.05, 4.69) is 26.5 Å². The van der Waals surface area contributed by atoms with Crippen LogP contribution in [0.3, 0.4) is 0 Å². The molecule has 1 fully saturated rings. The first-order chi connectivity index (χ1) is 14.5. The molecule has 0 unspecified atom stereocenters. The van der Waals surface area contributed by atoms with E-state index in [0.717, 1.165) is 31.8 Å². The van der Waals surface area contributed by atoms with Gasteiger partial charge >= 0.3 is 0 Å². The Labute approximate surface area is 176 Å². The second-order valence-corrected chi connectivity index (χ2v) is 9.12. The zero-order chi connectivity index (χ0) is 21.0. The summed E-state index contributed by atoms with van der Waals surface area (Å²) in [7, 11) is -3.75. The Hall–Kier alpha value is -3.13. The van der Waals surface area contributed by atoms with Crippen molar-refractivity contribution in [3.63, 3.8) is 0 Å². The Balaban J connectivity index is 1.41. The summed E-state index contributed by atoms with van der Waals surface area (Å²) in [5, 5.41) is 0. The van der Waals surface area contributed by atoms with Gasteiger partial charge in [-0.25, -0.2) is 18.4 Å². The monoisotopic (exact) mass is 424 g/mol. The van der Waals surface area contributed by atoms with Gasteiger partial charge in [-0.3, -0.25) is 4.72 Å². The highest BCUT2D eigenvalue weighted by molar-refractivity contribution is 7.92. The number of aromatic nitrogens is 2. The average molecular weight is 425 g/mol. The van der Waals surface area contributed by atoms with Crippen molar-refractivity contribution in [2.75, 3.05) is 22.7 Å². The first kappa shape index (κ1) is 20.2. The Kier molecular flexibility index (Phi) is 5.85. The van der Waals surface area contributed by atoms with E-state index >= 15 is 0 Å². The van der Waals surface area contributed by atoms with Crippen molar-refractivity contribution >= 4 is 21.7 Å². The summed E-state index contributed by atoms with van der Waals surface area (Å²) in [6, 6.07) is 15.6. The van der Waals surface area contributed by atoms with Crippen molar-refractivity contribution < 1.29 is 13.2 Å². The highest BCUT2D eigenvalue weighted by Crippen LogP contribution is 2.24. The molecule has 4 rings (SSSR count). The first-order valence-corrected chi connectivity index (χ1v) is 11.4. The van der Waals surface area contributed by atoms with Crippen molar-refractivity contribution in [1.82, 2.24) is 9.97 Å². The number of piperidine rings is 1.